The van der Waals surface area contributed by atoms with E-state index in [-0.39, 0.29) is 11.6 Å². The Hall–Kier alpha value is -2.31. The fraction of sp³-hybridized carbons (Fsp3) is 0.500. The van der Waals surface area contributed by atoms with Gasteiger partial charge in [-0.05, 0) is 20.8 Å². The van der Waals surface area contributed by atoms with Crippen molar-refractivity contribution < 1.29 is 14.5 Å². The molecule has 1 aromatic carbocycles. The fourth-order valence-corrected chi connectivity index (χ4v) is 1.82. The summed E-state index contributed by atoms with van der Waals surface area (Å²) in [4.78, 5) is 24.0. The van der Waals surface area contributed by atoms with Crippen molar-refractivity contribution in [1.82, 2.24) is 4.90 Å². The molecule has 0 bridgehead atoms. The number of nitrogens with one attached hydrogen (secondary N) is 1. The number of rotatable bonds is 7. The van der Waals surface area contributed by atoms with Crippen LogP contribution in [0.4, 0.5) is 11.4 Å². The van der Waals surface area contributed by atoms with Gasteiger partial charge in [0.05, 0.1) is 17.6 Å². The van der Waals surface area contributed by atoms with Crippen LogP contribution in [-0.4, -0.2) is 42.0 Å². The lowest BCUT2D eigenvalue weighted by Gasteiger charge is -2.21. The van der Waals surface area contributed by atoms with Crippen LogP contribution in [-0.2, 0) is 4.79 Å². The molecule has 0 heterocycles. The Morgan fingerprint density at radius 3 is 2.62 bits per heavy atom. The molecule has 116 valence electrons. The fourth-order valence-electron chi connectivity index (χ4n) is 1.82. The van der Waals surface area contributed by atoms with Crippen LogP contribution in [0.3, 0.4) is 0 Å². The highest BCUT2D eigenvalue weighted by Crippen LogP contribution is 2.26. The first-order chi connectivity index (χ1) is 9.88. The molecule has 1 unspecified atom stereocenters. The predicted octanol–water partition coefficient (Wildman–Crippen LogP) is 2.27. The van der Waals surface area contributed by atoms with Crippen LogP contribution in [0.2, 0.25) is 0 Å². The topological polar surface area (TPSA) is 84.7 Å². The molecule has 7 heteroatoms. The van der Waals surface area contributed by atoms with E-state index >= 15 is 0 Å². The van der Waals surface area contributed by atoms with Gasteiger partial charge in [0.1, 0.15) is 11.8 Å². The highest BCUT2D eigenvalue weighted by Gasteiger charge is 2.18. The van der Waals surface area contributed by atoms with Crippen LogP contribution in [0.5, 0.6) is 5.75 Å². The van der Waals surface area contributed by atoms with E-state index in [1.165, 1.54) is 12.1 Å². The van der Waals surface area contributed by atoms with E-state index < -0.39 is 11.0 Å². The lowest BCUT2D eigenvalue weighted by Crippen LogP contribution is -2.38. The van der Waals surface area contributed by atoms with Crippen LogP contribution in [0.1, 0.15) is 20.8 Å². The molecule has 1 amide bonds. The minimum atomic E-state index is -0.488. The molecule has 1 rings (SSSR count). The lowest BCUT2D eigenvalue weighted by molar-refractivity contribution is -0.384. The summed E-state index contributed by atoms with van der Waals surface area (Å²) in [7, 11) is 1.71. The van der Waals surface area contributed by atoms with Crippen LogP contribution in [0, 0.1) is 10.1 Å². The number of nitro benzene ring substituents is 1. The van der Waals surface area contributed by atoms with E-state index in [0.717, 1.165) is 0 Å². The first-order valence-corrected chi connectivity index (χ1v) is 6.82. The van der Waals surface area contributed by atoms with E-state index in [0.29, 0.717) is 24.6 Å². The Morgan fingerprint density at radius 1 is 1.43 bits per heavy atom. The van der Waals surface area contributed by atoms with Crippen molar-refractivity contribution in [3.05, 3.63) is 28.3 Å². The van der Waals surface area contributed by atoms with E-state index in [1.54, 1.807) is 31.9 Å². The molecule has 0 fully saturated rings. The summed E-state index contributed by atoms with van der Waals surface area (Å²) in [5, 5.41) is 13.9. The number of non-ortho nitro benzene ring substituents is 1. The Kier molecular flexibility index (Phi) is 5.95. The number of carbonyl (C=O) groups is 1. The molecule has 0 aliphatic rings. The maximum absolute atomic E-state index is 12.0. The molecular weight excluding hydrogens is 274 g/mol. The summed E-state index contributed by atoms with van der Waals surface area (Å²) in [6.45, 7) is 6.41. The average molecular weight is 295 g/mol. The van der Waals surface area contributed by atoms with Crippen LogP contribution in [0.25, 0.3) is 0 Å². The number of hydrogen-bond acceptors (Lipinski definition) is 5. The van der Waals surface area contributed by atoms with Gasteiger partial charge in [0.2, 0.25) is 5.91 Å². The van der Waals surface area contributed by atoms with Gasteiger partial charge in [0.15, 0.2) is 0 Å². The van der Waals surface area contributed by atoms with Crippen molar-refractivity contribution in [3.8, 4) is 5.75 Å². The van der Waals surface area contributed by atoms with Crippen LogP contribution < -0.4 is 10.1 Å². The lowest BCUT2D eigenvalue weighted by atomic mass is 10.2. The number of nitro groups is 1. The molecule has 0 spiro atoms. The highest BCUT2D eigenvalue weighted by atomic mass is 16.6. The number of ether oxygens (including phenoxy) is 1. The number of likely N-dealkylation sites (N-methyl/N-ethyl adjacent to an activating group) is 1. The third kappa shape index (κ3) is 4.62. The van der Waals surface area contributed by atoms with Crippen molar-refractivity contribution in [2.45, 2.75) is 26.8 Å². The zero-order valence-corrected chi connectivity index (χ0v) is 12.8. The summed E-state index contributed by atoms with van der Waals surface area (Å²) in [5.74, 6) is 0.319. The largest absolute Gasteiger partial charge is 0.494 e. The van der Waals surface area contributed by atoms with Crippen LogP contribution >= 0.6 is 0 Å². The number of carbonyl (C=O) groups excluding carboxylic acids is 1. The molecule has 21 heavy (non-hydrogen) atoms. The van der Waals surface area contributed by atoms with Gasteiger partial charge in [-0.3, -0.25) is 14.9 Å². The molecule has 0 aliphatic heterocycles. The molecule has 1 atom stereocenters. The Bertz CT molecular complexity index is 519. The van der Waals surface area contributed by atoms with E-state index in [9.17, 15) is 14.9 Å². The third-order valence-corrected chi connectivity index (χ3v) is 3.02. The number of benzene rings is 1. The number of hydrogen-bond donors (Lipinski definition) is 1. The Labute approximate surface area is 124 Å². The van der Waals surface area contributed by atoms with Gasteiger partial charge < -0.3 is 15.0 Å². The van der Waals surface area contributed by atoms with Gasteiger partial charge in [-0.15, -0.1) is 0 Å². The minimum absolute atomic E-state index is 0.0769. The first kappa shape index (κ1) is 16.7. The van der Waals surface area contributed by atoms with Gasteiger partial charge in [-0.1, -0.05) is 0 Å². The van der Waals surface area contributed by atoms with Gasteiger partial charge >= 0.3 is 0 Å². The number of nitrogens with zero attached hydrogens (tertiary/aromatic N) is 2. The van der Waals surface area contributed by atoms with Crippen molar-refractivity contribution in [3.63, 3.8) is 0 Å². The number of amides is 1. The van der Waals surface area contributed by atoms with Gasteiger partial charge in [0.25, 0.3) is 5.69 Å². The van der Waals surface area contributed by atoms with Crippen molar-refractivity contribution >= 4 is 17.3 Å². The maximum atomic E-state index is 12.0. The van der Waals surface area contributed by atoms with Crippen LogP contribution in [0.15, 0.2) is 18.2 Å². The zero-order chi connectivity index (χ0) is 16.0. The smallest absolute Gasteiger partial charge is 0.275 e. The molecule has 1 aromatic rings. The molecule has 0 aromatic heterocycles. The van der Waals surface area contributed by atoms with Crippen molar-refractivity contribution in [2.24, 2.45) is 0 Å². The molecular formula is C14H21N3O4. The maximum Gasteiger partial charge on any atom is 0.275 e. The molecule has 0 saturated carbocycles. The highest BCUT2D eigenvalue weighted by molar-refractivity contribution is 5.84. The SMILES string of the molecule is CCOc1cc(NC(C)C(=O)N(C)CC)cc([N+](=O)[O-])c1. The normalized spacial score (nSPS) is 11.6. The van der Waals surface area contributed by atoms with Gasteiger partial charge in [-0.25, -0.2) is 0 Å². The molecule has 0 aliphatic carbocycles. The van der Waals surface area contributed by atoms with Crippen molar-refractivity contribution in [1.29, 1.82) is 0 Å². The van der Waals surface area contributed by atoms with Crippen molar-refractivity contribution in [2.75, 3.05) is 25.5 Å². The Morgan fingerprint density at radius 2 is 2.10 bits per heavy atom. The van der Waals surface area contributed by atoms with Gasteiger partial charge in [0, 0.05) is 31.4 Å². The summed E-state index contributed by atoms with van der Waals surface area (Å²) in [6.07, 6.45) is 0. The second-order valence-corrected chi connectivity index (χ2v) is 4.62. The summed E-state index contributed by atoms with van der Waals surface area (Å²) >= 11 is 0. The second kappa shape index (κ2) is 7.47. The summed E-state index contributed by atoms with van der Waals surface area (Å²) in [5.41, 5.74) is 0.407. The predicted molar refractivity (Wildman–Crippen MR) is 80.7 cm³/mol. The Balaban J connectivity index is 2.96. The zero-order valence-electron chi connectivity index (χ0n) is 12.8. The van der Waals surface area contributed by atoms with Gasteiger partial charge in [-0.2, -0.15) is 0 Å². The molecule has 7 nitrogen and oxygen atoms in total. The van der Waals surface area contributed by atoms with E-state index in [2.05, 4.69) is 5.32 Å². The standard InChI is InChI=1S/C14H21N3O4/c1-5-16(4)14(18)10(3)15-11-7-12(17(19)20)9-13(8-11)21-6-2/h7-10,15H,5-6H2,1-4H3. The minimum Gasteiger partial charge on any atom is -0.494 e. The average Bonchev–Trinajstić information content (AvgIpc) is 2.45. The molecule has 0 saturated heterocycles. The number of anilines is 1. The molecule has 1 N–H and O–H groups in total. The summed E-state index contributed by atoms with van der Waals surface area (Å²) < 4.78 is 5.31. The third-order valence-electron chi connectivity index (χ3n) is 3.02. The second-order valence-electron chi connectivity index (χ2n) is 4.62. The van der Waals surface area contributed by atoms with E-state index in [4.69, 9.17) is 4.74 Å². The quantitative estimate of drug-likeness (QED) is 0.616. The first-order valence-electron chi connectivity index (χ1n) is 6.82. The van der Waals surface area contributed by atoms with E-state index in [1.807, 2.05) is 6.92 Å². The monoisotopic (exact) mass is 295 g/mol. The molecule has 0 radical (unpaired) electrons. The summed E-state index contributed by atoms with van der Waals surface area (Å²) in [6, 6.07) is 3.91.